The maximum atomic E-state index is 13.8. The van der Waals surface area contributed by atoms with E-state index in [9.17, 15) is 13.2 Å². The van der Waals surface area contributed by atoms with Crippen LogP contribution in [-0.2, 0) is 0 Å². The third-order valence-corrected chi connectivity index (χ3v) is 4.43. The highest BCUT2D eigenvalue weighted by Gasteiger charge is 2.16. The van der Waals surface area contributed by atoms with E-state index in [2.05, 4.69) is 20.3 Å². The molecule has 23 heavy (non-hydrogen) atoms. The van der Waals surface area contributed by atoms with Gasteiger partial charge in [-0.25, -0.2) is 28.1 Å². The number of aromatic nitrogens is 3. The lowest BCUT2D eigenvalue weighted by molar-refractivity contribution is 0.449. The number of pyridine rings is 1. The number of nitrogens with one attached hydrogen (secondary N) is 1. The van der Waals surface area contributed by atoms with Crippen LogP contribution in [0.25, 0.3) is 20.4 Å². The topological polar surface area (TPSA) is 50.7 Å². The van der Waals surface area contributed by atoms with Crippen LogP contribution in [0.5, 0.6) is 0 Å². The molecule has 0 atom stereocenters. The van der Waals surface area contributed by atoms with Gasteiger partial charge in [0.15, 0.2) is 23.3 Å². The molecule has 0 spiro atoms. The van der Waals surface area contributed by atoms with Gasteiger partial charge in [-0.2, -0.15) is 0 Å². The number of hydrogen-bond donors (Lipinski definition) is 1. The summed E-state index contributed by atoms with van der Waals surface area (Å²) in [6.45, 7) is 0. The van der Waals surface area contributed by atoms with Crippen LogP contribution >= 0.6 is 11.3 Å². The molecule has 0 aliphatic rings. The molecule has 0 radical (unpaired) electrons. The van der Waals surface area contributed by atoms with Crippen LogP contribution in [-0.4, -0.2) is 15.0 Å². The van der Waals surface area contributed by atoms with E-state index in [1.54, 1.807) is 12.3 Å². The summed E-state index contributed by atoms with van der Waals surface area (Å²) in [5, 5.41) is 3.54. The third kappa shape index (κ3) is 2.18. The molecule has 4 rings (SSSR count). The molecule has 4 nitrogen and oxygen atoms in total. The fraction of sp³-hybridized carbons (Fsp3) is 0. The van der Waals surface area contributed by atoms with E-state index in [0.717, 1.165) is 22.3 Å². The second-order valence-corrected chi connectivity index (χ2v) is 5.71. The van der Waals surface area contributed by atoms with Crippen LogP contribution in [0.4, 0.5) is 24.7 Å². The van der Waals surface area contributed by atoms with E-state index in [1.165, 1.54) is 17.7 Å². The summed E-state index contributed by atoms with van der Waals surface area (Å²) < 4.78 is 40.8. The number of halogens is 3. The van der Waals surface area contributed by atoms with Gasteiger partial charge < -0.3 is 5.32 Å². The lowest BCUT2D eigenvalue weighted by atomic mass is 10.2. The Bertz CT molecular complexity index is 1050. The van der Waals surface area contributed by atoms with Crippen molar-refractivity contribution in [2.75, 3.05) is 5.32 Å². The lowest BCUT2D eigenvalue weighted by Gasteiger charge is -2.08. The summed E-state index contributed by atoms with van der Waals surface area (Å²) in [4.78, 5) is 13.3. The van der Waals surface area contributed by atoms with Crippen LogP contribution in [0.2, 0.25) is 0 Å². The first-order valence-electron chi connectivity index (χ1n) is 6.54. The largest absolute Gasteiger partial charge is 0.336 e. The van der Waals surface area contributed by atoms with Gasteiger partial charge in [0, 0.05) is 11.6 Å². The average molecular weight is 332 g/mol. The Kier molecular flexibility index (Phi) is 3.12. The van der Waals surface area contributed by atoms with Gasteiger partial charge in [-0.1, -0.05) is 0 Å². The summed E-state index contributed by atoms with van der Waals surface area (Å²) in [5.41, 5.74) is 0.466. The number of hydrogen-bond acceptors (Lipinski definition) is 5. The molecule has 0 saturated carbocycles. The van der Waals surface area contributed by atoms with Gasteiger partial charge in [-0.15, -0.1) is 11.3 Å². The van der Waals surface area contributed by atoms with E-state index in [1.807, 2.05) is 6.07 Å². The first-order valence-corrected chi connectivity index (χ1v) is 7.35. The lowest BCUT2D eigenvalue weighted by Crippen LogP contribution is -2.00. The van der Waals surface area contributed by atoms with Gasteiger partial charge in [0.05, 0.1) is 15.9 Å². The van der Waals surface area contributed by atoms with Crippen molar-refractivity contribution in [3.05, 3.63) is 54.2 Å². The highest BCUT2D eigenvalue weighted by Crippen LogP contribution is 2.35. The molecule has 0 aliphatic carbocycles. The Labute approximate surface area is 131 Å². The van der Waals surface area contributed by atoms with Gasteiger partial charge in [0.2, 0.25) is 0 Å². The van der Waals surface area contributed by atoms with E-state index < -0.39 is 17.5 Å². The maximum Gasteiger partial charge on any atom is 0.196 e. The molecule has 0 fully saturated rings. The van der Waals surface area contributed by atoms with Gasteiger partial charge in [0.25, 0.3) is 0 Å². The van der Waals surface area contributed by atoms with Crippen molar-refractivity contribution in [2.24, 2.45) is 0 Å². The molecule has 3 aromatic heterocycles. The van der Waals surface area contributed by atoms with E-state index >= 15 is 0 Å². The average Bonchev–Trinajstić information content (AvgIpc) is 2.95. The Hall–Kier alpha value is -2.74. The molecule has 4 aromatic rings. The van der Waals surface area contributed by atoms with Crippen LogP contribution < -0.4 is 5.32 Å². The van der Waals surface area contributed by atoms with Crippen LogP contribution in [0.3, 0.4) is 0 Å². The van der Waals surface area contributed by atoms with Gasteiger partial charge >= 0.3 is 0 Å². The van der Waals surface area contributed by atoms with Gasteiger partial charge in [-0.3, -0.25) is 0 Å². The number of nitrogens with zero attached hydrogens (tertiary/aromatic N) is 3. The Morgan fingerprint density at radius 1 is 0.957 bits per heavy atom. The predicted molar refractivity (Wildman–Crippen MR) is 82.3 cm³/mol. The molecule has 0 unspecified atom stereocenters. The van der Waals surface area contributed by atoms with Crippen LogP contribution in [0.15, 0.2) is 36.8 Å². The Morgan fingerprint density at radius 2 is 1.83 bits per heavy atom. The van der Waals surface area contributed by atoms with Crippen molar-refractivity contribution in [3.8, 4) is 0 Å². The van der Waals surface area contributed by atoms with E-state index in [0.29, 0.717) is 16.0 Å². The van der Waals surface area contributed by atoms with Crippen molar-refractivity contribution in [1.82, 2.24) is 15.0 Å². The number of benzene rings is 1. The minimum Gasteiger partial charge on any atom is -0.336 e. The highest BCUT2D eigenvalue weighted by molar-refractivity contribution is 7.25. The fourth-order valence-corrected chi connectivity index (χ4v) is 3.29. The molecule has 1 aromatic carbocycles. The van der Waals surface area contributed by atoms with Crippen LogP contribution in [0, 0.1) is 17.5 Å². The normalized spacial score (nSPS) is 11.3. The summed E-state index contributed by atoms with van der Waals surface area (Å²) in [5.74, 6) is -3.76. The van der Waals surface area contributed by atoms with Crippen molar-refractivity contribution in [1.29, 1.82) is 0 Å². The molecular weight excluding hydrogens is 325 g/mol. The third-order valence-electron chi connectivity index (χ3n) is 3.32. The van der Waals surface area contributed by atoms with E-state index in [4.69, 9.17) is 0 Å². The fourth-order valence-electron chi connectivity index (χ4n) is 2.25. The van der Waals surface area contributed by atoms with Crippen molar-refractivity contribution in [3.63, 3.8) is 0 Å². The molecule has 114 valence electrons. The predicted octanol–water partition coefficient (Wildman–Crippen LogP) is 4.40. The summed E-state index contributed by atoms with van der Waals surface area (Å²) in [6.07, 6.45) is 2.98. The first kappa shape index (κ1) is 13.9. The quantitative estimate of drug-likeness (QED) is 0.553. The smallest absolute Gasteiger partial charge is 0.196 e. The zero-order chi connectivity index (χ0) is 16.0. The molecule has 0 aliphatic heterocycles. The second-order valence-electron chi connectivity index (χ2n) is 4.71. The SMILES string of the molecule is Fc1ccc(Nc2ncnc3c2sc2ncccc23)c(F)c1F. The van der Waals surface area contributed by atoms with Crippen LogP contribution in [0.1, 0.15) is 0 Å². The van der Waals surface area contributed by atoms with Gasteiger partial charge in [0.1, 0.15) is 11.2 Å². The Morgan fingerprint density at radius 3 is 2.70 bits per heavy atom. The summed E-state index contributed by atoms with van der Waals surface area (Å²) in [6, 6.07) is 5.63. The molecule has 0 amide bonds. The van der Waals surface area contributed by atoms with Crippen molar-refractivity contribution < 1.29 is 13.2 Å². The van der Waals surface area contributed by atoms with E-state index in [-0.39, 0.29) is 5.69 Å². The Balaban J connectivity index is 1.88. The molecule has 0 bridgehead atoms. The minimum absolute atomic E-state index is 0.200. The summed E-state index contributed by atoms with van der Waals surface area (Å²) >= 11 is 1.33. The molecule has 0 saturated heterocycles. The van der Waals surface area contributed by atoms with Crippen molar-refractivity contribution in [2.45, 2.75) is 0 Å². The first-order chi connectivity index (χ1) is 11.1. The molecule has 3 heterocycles. The molecule has 1 N–H and O–H groups in total. The number of rotatable bonds is 2. The number of anilines is 2. The monoisotopic (exact) mass is 332 g/mol. The molecular formula is C15H7F3N4S. The zero-order valence-electron chi connectivity index (χ0n) is 11.3. The van der Waals surface area contributed by atoms with Crippen molar-refractivity contribution >= 4 is 43.3 Å². The number of thiophene rings is 1. The summed E-state index contributed by atoms with van der Waals surface area (Å²) in [7, 11) is 0. The highest BCUT2D eigenvalue weighted by atomic mass is 32.1. The minimum atomic E-state index is -1.53. The standard InChI is InChI=1S/C15H7F3N4S/c16-8-3-4-9(11(18)10(8)17)22-14-13-12(20-6-21-14)7-2-1-5-19-15(7)23-13/h1-6H,(H,20,21,22). The second kappa shape index (κ2) is 5.17. The number of fused-ring (bicyclic) bond motifs is 3. The van der Waals surface area contributed by atoms with Gasteiger partial charge in [-0.05, 0) is 24.3 Å². The zero-order valence-corrected chi connectivity index (χ0v) is 12.2. The maximum absolute atomic E-state index is 13.8. The molecule has 8 heteroatoms.